The number of hydrogen-bond acceptors (Lipinski definition) is 5. The number of nitrogen functional groups attached to an aromatic ring is 1. The summed E-state index contributed by atoms with van der Waals surface area (Å²) < 4.78 is 14.6. The number of nitrogens with zero attached hydrogens (tertiary/aromatic N) is 4. The highest BCUT2D eigenvalue weighted by Crippen LogP contribution is 2.32. The van der Waals surface area contributed by atoms with Gasteiger partial charge in [0.15, 0.2) is 17.4 Å². The third kappa shape index (κ3) is 2.26. The fraction of sp³-hybridized carbons (Fsp3) is 0.0588. The SMILES string of the molecule is Nc1nn(-c2nccc3c2N=CCC3=O)cc1-c1ccc(F)cc1. The van der Waals surface area contributed by atoms with E-state index < -0.39 is 0 Å². The molecule has 4 rings (SSSR count). The van der Waals surface area contributed by atoms with Gasteiger partial charge >= 0.3 is 0 Å². The summed E-state index contributed by atoms with van der Waals surface area (Å²) in [6.07, 6.45) is 5.07. The maximum atomic E-state index is 13.1. The minimum atomic E-state index is -0.323. The summed E-state index contributed by atoms with van der Waals surface area (Å²) >= 11 is 0. The molecule has 0 radical (unpaired) electrons. The number of halogens is 1. The van der Waals surface area contributed by atoms with Crippen LogP contribution in [0.2, 0.25) is 0 Å². The lowest BCUT2D eigenvalue weighted by atomic mass is 10.1. The van der Waals surface area contributed by atoms with Gasteiger partial charge in [0.25, 0.3) is 0 Å². The number of nitrogens with two attached hydrogens (primary N) is 1. The smallest absolute Gasteiger partial charge is 0.180 e. The van der Waals surface area contributed by atoms with Crippen LogP contribution in [0.1, 0.15) is 16.8 Å². The largest absolute Gasteiger partial charge is 0.382 e. The Kier molecular flexibility index (Phi) is 3.19. The molecular weight excluding hydrogens is 309 g/mol. The predicted octanol–water partition coefficient (Wildman–Crippen LogP) is 2.94. The number of benzene rings is 1. The summed E-state index contributed by atoms with van der Waals surface area (Å²) in [5.74, 6) is 0.378. The fourth-order valence-electron chi connectivity index (χ4n) is 2.64. The molecule has 0 spiro atoms. The van der Waals surface area contributed by atoms with Crippen LogP contribution in [-0.4, -0.2) is 26.8 Å². The number of aromatic nitrogens is 3. The molecule has 2 N–H and O–H groups in total. The minimum Gasteiger partial charge on any atom is -0.382 e. The van der Waals surface area contributed by atoms with Gasteiger partial charge in [0, 0.05) is 36.2 Å². The summed E-state index contributed by atoms with van der Waals surface area (Å²) in [4.78, 5) is 20.5. The molecule has 1 aliphatic heterocycles. The Hall–Kier alpha value is -3.35. The lowest BCUT2D eigenvalue weighted by molar-refractivity contribution is 0.100. The van der Waals surface area contributed by atoms with Gasteiger partial charge in [0.05, 0.1) is 0 Å². The van der Waals surface area contributed by atoms with Gasteiger partial charge in [-0.25, -0.2) is 14.1 Å². The van der Waals surface area contributed by atoms with Crippen LogP contribution in [0.5, 0.6) is 0 Å². The van der Waals surface area contributed by atoms with Gasteiger partial charge in [0.1, 0.15) is 11.5 Å². The first-order valence-corrected chi connectivity index (χ1v) is 7.29. The maximum Gasteiger partial charge on any atom is 0.180 e. The average Bonchev–Trinajstić information content (AvgIpc) is 2.97. The molecule has 0 saturated carbocycles. The summed E-state index contributed by atoms with van der Waals surface area (Å²) in [6.45, 7) is 0. The number of rotatable bonds is 2. The third-order valence-electron chi connectivity index (χ3n) is 3.82. The van der Waals surface area contributed by atoms with E-state index >= 15 is 0 Å². The lowest BCUT2D eigenvalue weighted by Gasteiger charge is -2.11. The van der Waals surface area contributed by atoms with Gasteiger partial charge < -0.3 is 5.73 Å². The van der Waals surface area contributed by atoms with Crippen molar-refractivity contribution < 1.29 is 9.18 Å². The maximum absolute atomic E-state index is 13.1. The van der Waals surface area contributed by atoms with E-state index in [1.54, 1.807) is 36.8 Å². The third-order valence-corrected chi connectivity index (χ3v) is 3.82. The van der Waals surface area contributed by atoms with Crippen LogP contribution in [-0.2, 0) is 0 Å². The highest BCUT2D eigenvalue weighted by Gasteiger charge is 2.20. The fourth-order valence-corrected chi connectivity index (χ4v) is 2.64. The monoisotopic (exact) mass is 321 g/mol. The molecule has 7 heteroatoms. The molecule has 0 bridgehead atoms. The van der Waals surface area contributed by atoms with Crippen molar-refractivity contribution in [2.45, 2.75) is 6.42 Å². The van der Waals surface area contributed by atoms with Crippen LogP contribution in [0.3, 0.4) is 0 Å². The van der Waals surface area contributed by atoms with Crippen LogP contribution in [0.15, 0.2) is 47.7 Å². The molecule has 3 aromatic rings. The number of Topliss-reactive ketones (excluding diaryl/α,β-unsaturated/α-hetero) is 1. The highest BCUT2D eigenvalue weighted by molar-refractivity contribution is 6.10. The molecule has 1 aliphatic rings. The van der Waals surface area contributed by atoms with E-state index in [0.717, 1.165) is 5.56 Å². The molecule has 118 valence electrons. The van der Waals surface area contributed by atoms with Crippen LogP contribution in [0.4, 0.5) is 15.9 Å². The van der Waals surface area contributed by atoms with Crippen molar-refractivity contribution in [3.05, 3.63) is 54.1 Å². The Morgan fingerprint density at radius 1 is 1.12 bits per heavy atom. The number of hydrogen-bond donors (Lipinski definition) is 1. The first kappa shape index (κ1) is 14.3. The van der Waals surface area contributed by atoms with Gasteiger partial charge in [-0.1, -0.05) is 12.1 Å². The van der Waals surface area contributed by atoms with Crippen LogP contribution >= 0.6 is 0 Å². The summed E-state index contributed by atoms with van der Waals surface area (Å²) in [6, 6.07) is 7.62. The first-order valence-electron chi connectivity index (χ1n) is 7.29. The van der Waals surface area contributed by atoms with Crippen molar-refractivity contribution in [3.63, 3.8) is 0 Å². The molecule has 0 fully saturated rings. The average molecular weight is 321 g/mol. The molecule has 1 aromatic carbocycles. The standard InChI is InChI=1S/C17H12FN5O/c18-11-3-1-10(2-4-11)13-9-23(22-16(13)19)17-15-12(5-7-21-17)14(24)6-8-20-15/h1-5,7-9H,6H2,(H2,19,22). The van der Waals surface area contributed by atoms with Crippen LogP contribution in [0.25, 0.3) is 16.9 Å². The van der Waals surface area contributed by atoms with Crippen molar-refractivity contribution in [2.24, 2.45) is 4.99 Å². The molecule has 2 aromatic heterocycles. The Balaban J connectivity index is 1.84. The molecule has 0 unspecified atom stereocenters. The number of carbonyl (C=O) groups excluding carboxylic acids is 1. The molecule has 0 saturated heterocycles. The minimum absolute atomic E-state index is 0.0115. The normalized spacial score (nSPS) is 13.1. The van der Waals surface area contributed by atoms with Crippen molar-refractivity contribution >= 4 is 23.5 Å². The number of aliphatic imine (C=N–C) groups is 1. The van der Waals surface area contributed by atoms with E-state index in [-0.39, 0.29) is 23.8 Å². The molecule has 24 heavy (non-hydrogen) atoms. The van der Waals surface area contributed by atoms with Crippen molar-refractivity contribution in [3.8, 4) is 16.9 Å². The van der Waals surface area contributed by atoms with Crippen molar-refractivity contribution in [1.29, 1.82) is 0 Å². The number of pyridine rings is 1. The zero-order valence-electron chi connectivity index (χ0n) is 12.5. The molecule has 0 amide bonds. The number of ketones is 1. The Labute approximate surface area is 136 Å². The lowest BCUT2D eigenvalue weighted by Crippen LogP contribution is -2.09. The first-order chi connectivity index (χ1) is 11.6. The zero-order chi connectivity index (χ0) is 16.7. The Morgan fingerprint density at radius 3 is 2.71 bits per heavy atom. The van der Waals surface area contributed by atoms with Gasteiger partial charge in [0.2, 0.25) is 0 Å². The molecule has 3 heterocycles. The molecule has 0 atom stereocenters. The number of anilines is 1. The Morgan fingerprint density at radius 2 is 1.92 bits per heavy atom. The van der Waals surface area contributed by atoms with Gasteiger partial charge in [-0.05, 0) is 23.8 Å². The quantitative estimate of drug-likeness (QED) is 0.786. The van der Waals surface area contributed by atoms with E-state index in [1.165, 1.54) is 16.8 Å². The van der Waals surface area contributed by atoms with Crippen molar-refractivity contribution in [2.75, 3.05) is 5.73 Å². The predicted molar refractivity (Wildman–Crippen MR) is 88.3 cm³/mol. The molecule has 6 nitrogen and oxygen atoms in total. The zero-order valence-corrected chi connectivity index (χ0v) is 12.5. The van der Waals surface area contributed by atoms with Gasteiger partial charge in [-0.15, -0.1) is 5.10 Å². The van der Waals surface area contributed by atoms with E-state index in [4.69, 9.17) is 5.73 Å². The topological polar surface area (TPSA) is 86.2 Å². The van der Waals surface area contributed by atoms with E-state index in [9.17, 15) is 9.18 Å². The number of fused-ring (bicyclic) bond motifs is 1. The molecular formula is C17H12FN5O. The van der Waals surface area contributed by atoms with E-state index in [1.807, 2.05) is 0 Å². The highest BCUT2D eigenvalue weighted by atomic mass is 19.1. The van der Waals surface area contributed by atoms with Crippen LogP contribution in [0, 0.1) is 5.82 Å². The van der Waals surface area contributed by atoms with E-state index in [2.05, 4.69) is 15.1 Å². The summed E-state index contributed by atoms with van der Waals surface area (Å²) in [5.41, 5.74) is 8.37. The van der Waals surface area contributed by atoms with E-state index in [0.29, 0.717) is 22.6 Å². The second-order valence-electron chi connectivity index (χ2n) is 5.35. The Bertz CT molecular complexity index is 975. The summed E-state index contributed by atoms with van der Waals surface area (Å²) in [5, 5.41) is 4.27. The van der Waals surface area contributed by atoms with Gasteiger partial charge in [-0.3, -0.25) is 9.79 Å². The van der Waals surface area contributed by atoms with Gasteiger partial charge in [-0.2, -0.15) is 0 Å². The second-order valence-corrected chi connectivity index (χ2v) is 5.35. The summed E-state index contributed by atoms with van der Waals surface area (Å²) in [7, 11) is 0. The number of carbonyl (C=O) groups is 1. The van der Waals surface area contributed by atoms with Crippen molar-refractivity contribution in [1.82, 2.24) is 14.8 Å². The second kappa shape index (κ2) is 5.38. The molecule has 0 aliphatic carbocycles. The van der Waals surface area contributed by atoms with Crippen LogP contribution < -0.4 is 5.73 Å².